The van der Waals surface area contributed by atoms with Crippen LogP contribution in [-0.2, 0) is 0 Å². The summed E-state index contributed by atoms with van der Waals surface area (Å²) in [6.07, 6.45) is 0. The van der Waals surface area contributed by atoms with Crippen molar-refractivity contribution >= 4 is 50.6 Å². The van der Waals surface area contributed by atoms with Gasteiger partial charge in [-0.05, 0) is 74.3 Å². The standard InChI is InChI=1S/C44H29N3Si/c45-30-32-24-25-43-41(28-32)40-21-10-12-22-42(40)47(43)35-27-33(31-46)26-34(29-35)39-20-11-13-23-44(39)48(36-14-4-1-5-15-36,37-16-6-2-7-17-37)38-18-8-3-9-19-38/h1-29H. The molecule has 8 aromatic rings. The number of fused-ring (bicyclic) bond motifs is 3. The highest BCUT2D eigenvalue weighted by atomic mass is 28.3. The van der Waals surface area contributed by atoms with Crippen LogP contribution in [0.3, 0.4) is 0 Å². The number of para-hydroxylation sites is 1. The Kier molecular flexibility index (Phi) is 7.27. The maximum Gasteiger partial charge on any atom is 0.180 e. The van der Waals surface area contributed by atoms with Crippen LogP contribution in [-0.4, -0.2) is 12.6 Å². The predicted molar refractivity (Wildman–Crippen MR) is 199 cm³/mol. The molecule has 0 radical (unpaired) electrons. The minimum Gasteiger partial charge on any atom is -0.309 e. The fraction of sp³-hybridized carbons (Fsp3) is 0. The summed E-state index contributed by atoms with van der Waals surface area (Å²) in [6, 6.07) is 66.5. The first-order chi connectivity index (χ1) is 23.7. The monoisotopic (exact) mass is 627 g/mol. The largest absolute Gasteiger partial charge is 0.309 e. The van der Waals surface area contributed by atoms with Crippen molar-refractivity contribution < 1.29 is 0 Å². The van der Waals surface area contributed by atoms with E-state index in [1.165, 1.54) is 20.7 Å². The Morgan fingerprint density at radius 2 is 0.979 bits per heavy atom. The fourth-order valence-electron chi connectivity index (χ4n) is 7.37. The Morgan fingerprint density at radius 3 is 1.60 bits per heavy atom. The van der Waals surface area contributed by atoms with Crippen LogP contribution in [0.2, 0.25) is 0 Å². The summed E-state index contributed by atoms with van der Waals surface area (Å²) < 4.78 is 2.22. The van der Waals surface area contributed by atoms with Crippen LogP contribution in [0.1, 0.15) is 11.1 Å². The second kappa shape index (κ2) is 12.0. The highest BCUT2D eigenvalue weighted by Crippen LogP contribution is 2.34. The quantitative estimate of drug-likeness (QED) is 0.141. The summed E-state index contributed by atoms with van der Waals surface area (Å²) in [5.41, 5.74) is 6.22. The first kappa shape index (κ1) is 29.0. The number of nitrogens with zero attached hydrogens (tertiary/aromatic N) is 3. The van der Waals surface area contributed by atoms with E-state index in [0.717, 1.165) is 38.6 Å². The molecule has 0 saturated heterocycles. The van der Waals surface area contributed by atoms with Crippen molar-refractivity contribution in [3.63, 3.8) is 0 Å². The molecule has 0 aliphatic rings. The highest BCUT2D eigenvalue weighted by molar-refractivity contribution is 7.20. The van der Waals surface area contributed by atoms with Gasteiger partial charge in [-0.25, -0.2) is 0 Å². The SMILES string of the molecule is N#Cc1cc(-c2ccccc2[Si](c2ccccc2)(c2ccccc2)c2ccccc2)cc(-n2c3ccccc3c3cc(C#N)ccc32)c1. The molecule has 0 spiro atoms. The molecule has 48 heavy (non-hydrogen) atoms. The summed E-state index contributed by atoms with van der Waals surface area (Å²) in [7, 11) is -2.86. The Hall–Kier alpha value is -6.46. The van der Waals surface area contributed by atoms with Gasteiger partial charge in [0.15, 0.2) is 8.07 Å². The molecule has 1 aromatic heterocycles. The molecule has 0 bridgehead atoms. The zero-order chi connectivity index (χ0) is 32.5. The second-order valence-corrected chi connectivity index (χ2v) is 15.7. The number of nitriles is 2. The van der Waals surface area contributed by atoms with Gasteiger partial charge < -0.3 is 4.57 Å². The average Bonchev–Trinajstić information content (AvgIpc) is 3.50. The lowest BCUT2D eigenvalue weighted by atomic mass is 10.0. The summed E-state index contributed by atoms with van der Waals surface area (Å²) in [6.45, 7) is 0. The molecule has 0 saturated carbocycles. The molecule has 7 aromatic carbocycles. The molecule has 0 aliphatic heterocycles. The Morgan fingerprint density at radius 1 is 0.438 bits per heavy atom. The average molecular weight is 628 g/mol. The zero-order valence-electron chi connectivity index (χ0n) is 26.1. The van der Waals surface area contributed by atoms with Gasteiger partial charge in [-0.3, -0.25) is 0 Å². The van der Waals surface area contributed by atoms with Gasteiger partial charge in [-0.2, -0.15) is 10.5 Å². The lowest BCUT2D eigenvalue weighted by molar-refractivity contribution is 1.18. The predicted octanol–water partition coefficient (Wildman–Crippen LogP) is 7.57. The van der Waals surface area contributed by atoms with E-state index in [2.05, 4.69) is 150 Å². The third-order valence-electron chi connectivity index (χ3n) is 9.37. The van der Waals surface area contributed by atoms with Gasteiger partial charge in [0.1, 0.15) is 0 Å². The van der Waals surface area contributed by atoms with Crippen molar-refractivity contribution in [2.45, 2.75) is 0 Å². The van der Waals surface area contributed by atoms with Crippen LogP contribution < -0.4 is 20.7 Å². The maximum absolute atomic E-state index is 10.4. The van der Waals surface area contributed by atoms with Gasteiger partial charge in [0.25, 0.3) is 0 Å². The number of aromatic nitrogens is 1. The van der Waals surface area contributed by atoms with Crippen LogP contribution in [0, 0.1) is 22.7 Å². The minimum absolute atomic E-state index is 0.586. The summed E-state index contributed by atoms with van der Waals surface area (Å²) in [4.78, 5) is 0. The Balaban J connectivity index is 1.45. The molecule has 3 nitrogen and oxygen atoms in total. The van der Waals surface area contributed by atoms with E-state index in [4.69, 9.17) is 0 Å². The van der Waals surface area contributed by atoms with Gasteiger partial charge >= 0.3 is 0 Å². The van der Waals surface area contributed by atoms with E-state index in [9.17, 15) is 10.5 Å². The smallest absolute Gasteiger partial charge is 0.180 e. The van der Waals surface area contributed by atoms with Crippen molar-refractivity contribution in [2.75, 3.05) is 0 Å². The third-order valence-corrected chi connectivity index (χ3v) is 14.2. The van der Waals surface area contributed by atoms with Gasteiger partial charge in [0, 0.05) is 16.5 Å². The van der Waals surface area contributed by atoms with Crippen LogP contribution in [0.5, 0.6) is 0 Å². The van der Waals surface area contributed by atoms with Crippen molar-refractivity contribution in [2.24, 2.45) is 0 Å². The normalized spacial score (nSPS) is 11.3. The topological polar surface area (TPSA) is 52.5 Å². The van der Waals surface area contributed by atoms with Crippen molar-refractivity contribution in [3.8, 4) is 29.0 Å². The van der Waals surface area contributed by atoms with Crippen molar-refractivity contribution in [1.29, 1.82) is 10.5 Å². The lowest BCUT2D eigenvalue weighted by Gasteiger charge is -2.36. The molecule has 0 N–H and O–H groups in total. The molecule has 4 heteroatoms. The van der Waals surface area contributed by atoms with E-state index < -0.39 is 8.07 Å². The van der Waals surface area contributed by atoms with Crippen LogP contribution in [0.15, 0.2) is 176 Å². The van der Waals surface area contributed by atoms with Gasteiger partial charge in [0.05, 0.1) is 34.3 Å². The number of rotatable bonds is 6. The van der Waals surface area contributed by atoms with E-state index in [1.54, 1.807) is 0 Å². The Bertz CT molecular complexity index is 2430. The Labute approximate surface area is 280 Å². The summed E-state index contributed by atoms with van der Waals surface area (Å²) >= 11 is 0. The van der Waals surface area contributed by atoms with Gasteiger partial charge in [0.2, 0.25) is 0 Å². The minimum atomic E-state index is -2.86. The first-order valence-electron chi connectivity index (χ1n) is 16.0. The van der Waals surface area contributed by atoms with E-state index >= 15 is 0 Å². The number of hydrogen-bond acceptors (Lipinski definition) is 2. The molecule has 0 aliphatic carbocycles. The van der Waals surface area contributed by atoms with Gasteiger partial charge in [-0.15, -0.1) is 0 Å². The molecule has 224 valence electrons. The second-order valence-electron chi connectivity index (χ2n) is 12.0. The van der Waals surface area contributed by atoms with Crippen LogP contribution in [0.4, 0.5) is 0 Å². The van der Waals surface area contributed by atoms with Crippen molar-refractivity contribution in [1.82, 2.24) is 4.57 Å². The molecule has 0 atom stereocenters. The highest BCUT2D eigenvalue weighted by Gasteiger charge is 2.42. The van der Waals surface area contributed by atoms with Crippen LogP contribution in [0.25, 0.3) is 38.6 Å². The molecular weight excluding hydrogens is 599 g/mol. The number of benzene rings is 7. The van der Waals surface area contributed by atoms with Crippen LogP contribution >= 0.6 is 0 Å². The lowest BCUT2D eigenvalue weighted by Crippen LogP contribution is -2.75. The van der Waals surface area contributed by atoms with E-state index in [1.807, 2.05) is 42.5 Å². The zero-order valence-corrected chi connectivity index (χ0v) is 27.1. The van der Waals surface area contributed by atoms with E-state index in [-0.39, 0.29) is 0 Å². The third kappa shape index (κ3) is 4.64. The fourth-order valence-corrected chi connectivity index (χ4v) is 12.4. The van der Waals surface area contributed by atoms with E-state index in [0.29, 0.717) is 11.1 Å². The molecule has 0 amide bonds. The molecule has 0 fully saturated rings. The van der Waals surface area contributed by atoms with Crippen molar-refractivity contribution in [3.05, 3.63) is 187 Å². The molecular formula is C44H29N3Si. The summed E-state index contributed by atoms with van der Waals surface area (Å²) in [5.74, 6) is 0. The summed E-state index contributed by atoms with van der Waals surface area (Å²) in [5, 5.41) is 27.3. The molecule has 8 rings (SSSR count). The maximum atomic E-state index is 10.4. The molecule has 0 unspecified atom stereocenters. The number of hydrogen-bond donors (Lipinski definition) is 0. The first-order valence-corrected chi connectivity index (χ1v) is 18.0. The van der Waals surface area contributed by atoms with Gasteiger partial charge in [-0.1, -0.05) is 133 Å². The molecule has 1 heterocycles.